The highest BCUT2D eigenvalue weighted by Crippen LogP contribution is 2.26. The number of anilines is 1. The third kappa shape index (κ3) is 3.62. The lowest BCUT2D eigenvalue weighted by atomic mass is 10.1. The van der Waals surface area contributed by atoms with E-state index in [0.29, 0.717) is 37.2 Å². The minimum absolute atomic E-state index is 0.238. The second-order valence-corrected chi connectivity index (χ2v) is 7.98. The number of aromatic nitrogens is 2. The summed E-state index contributed by atoms with van der Waals surface area (Å²) in [7, 11) is 0. The molecule has 4 rings (SSSR count). The summed E-state index contributed by atoms with van der Waals surface area (Å²) in [5, 5.41) is 4.79. The molecule has 1 amide bonds. The van der Waals surface area contributed by atoms with Crippen LogP contribution in [0.2, 0.25) is 5.02 Å². The number of nitrogens with one attached hydrogen (secondary N) is 1. The number of nitrogen functional groups attached to an aromatic ring is 1. The van der Waals surface area contributed by atoms with E-state index in [0.717, 1.165) is 11.3 Å². The molecule has 2 aromatic heterocycles. The summed E-state index contributed by atoms with van der Waals surface area (Å²) in [4.78, 5) is 30.3. The topological polar surface area (TPSA) is 90.0 Å². The average Bonchev–Trinajstić information content (AvgIpc) is 3.15. The molecule has 0 aliphatic carbocycles. The molecule has 0 spiro atoms. The van der Waals surface area contributed by atoms with Gasteiger partial charge in [0.2, 0.25) is 0 Å². The van der Waals surface area contributed by atoms with Crippen molar-refractivity contribution < 1.29 is 4.79 Å². The number of nitrogens with zero attached hydrogens (tertiary/aromatic N) is 2. The van der Waals surface area contributed by atoms with Crippen LogP contribution in [0.25, 0.3) is 16.5 Å². The Labute approximate surface area is 175 Å². The van der Waals surface area contributed by atoms with Crippen LogP contribution in [-0.2, 0) is 0 Å². The normalized spacial score (nSPS) is 12.1. The van der Waals surface area contributed by atoms with E-state index in [1.165, 1.54) is 6.20 Å². The second-order valence-electron chi connectivity index (χ2n) is 6.51. The van der Waals surface area contributed by atoms with Gasteiger partial charge in [0.1, 0.15) is 4.88 Å². The number of fused-ring (bicyclic) bond motifs is 1. The quantitative estimate of drug-likeness (QED) is 0.514. The number of pyridine rings is 1. The van der Waals surface area contributed by atoms with Crippen molar-refractivity contribution in [3.63, 3.8) is 0 Å². The van der Waals surface area contributed by atoms with E-state index in [-0.39, 0.29) is 11.5 Å². The lowest BCUT2D eigenvalue weighted by Gasteiger charge is -2.21. The highest BCUT2D eigenvalue weighted by atomic mass is 35.5. The Hall–Kier alpha value is -3.16. The van der Waals surface area contributed by atoms with E-state index >= 15 is 0 Å². The summed E-state index contributed by atoms with van der Waals surface area (Å²) in [5.74, 6) is -0.301. The first kappa shape index (κ1) is 19.2. The van der Waals surface area contributed by atoms with E-state index in [1.54, 1.807) is 16.7 Å². The van der Waals surface area contributed by atoms with E-state index in [9.17, 15) is 9.59 Å². The number of carbonyl (C=O) groups excluding carboxylic acids is 1. The van der Waals surface area contributed by atoms with Gasteiger partial charge in [0.05, 0.1) is 22.6 Å². The Bertz CT molecular complexity index is 1270. The number of amides is 1. The maximum Gasteiger partial charge on any atom is 0.264 e. The lowest BCUT2D eigenvalue weighted by molar-refractivity contribution is 0.0942. The van der Waals surface area contributed by atoms with Crippen LogP contribution < -0.4 is 16.6 Å². The summed E-state index contributed by atoms with van der Waals surface area (Å²) in [5.41, 5.74) is 6.72. The van der Waals surface area contributed by atoms with Gasteiger partial charge in [-0.2, -0.15) is 0 Å². The van der Waals surface area contributed by atoms with Crippen LogP contribution >= 0.6 is 22.9 Å². The van der Waals surface area contributed by atoms with Gasteiger partial charge >= 0.3 is 0 Å². The molecule has 0 radical (unpaired) electrons. The van der Waals surface area contributed by atoms with Crippen LogP contribution in [0.15, 0.2) is 65.6 Å². The molecule has 29 heavy (non-hydrogen) atoms. The van der Waals surface area contributed by atoms with Crippen molar-refractivity contribution in [2.45, 2.75) is 13.0 Å². The molecule has 0 fully saturated rings. The molecule has 1 unspecified atom stereocenters. The Morgan fingerprint density at radius 3 is 2.66 bits per heavy atom. The number of rotatable bonds is 4. The minimum Gasteiger partial charge on any atom is -0.375 e. The summed E-state index contributed by atoms with van der Waals surface area (Å²) < 4.78 is 1.58. The van der Waals surface area contributed by atoms with Crippen LogP contribution in [0.4, 0.5) is 5.13 Å². The maximum atomic E-state index is 13.4. The maximum absolute atomic E-state index is 13.4. The lowest BCUT2D eigenvalue weighted by Crippen LogP contribution is -2.31. The number of thiazole rings is 1. The molecule has 8 heteroatoms. The van der Waals surface area contributed by atoms with Crippen molar-refractivity contribution in [1.29, 1.82) is 0 Å². The Morgan fingerprint density at radius 2 is 1.97 bits per heavy atom. The van der Waals surface area contributed by atoms with Crippen LogP contribution in [0, 0.1) is 0 Å². The summed E-state index contributed by atoms with van der Waals surface area (Å²) in [6.07, 6.45) is 1.44. The molecule has 0 aliphatic rings. The van der Waals surface area contributed by atoms with Crippen molar-refractivity contribution in [2.75, 3.05) is 5.73 Å². The van der Waals surface area contributed by atoms with Crippen LogP contribution in [0.3, 0.4) is 0 Å². The van der Waals surface area contributed by atoms with Crippen LogP contribution in [0.1, 0.15) is 28.3 Å². The smallest absolute Gasteiger partial charge is 0.264 e. The number of hydrogen-bond acceptors (Lipinski definition) is 5. The summed E-state index contributed by atoms with van der Waals surface area (Å²) in [6.45, 7) is 1.83. The van der Waals surface area contributed by atoms with Crippen molar-refractivity contribution in [2.24, 2.45) is 0 Å². The molecule has 3 N–H and O–H groups in total. The zero-order chi connectivity index (χ0) is 20.5. The largest absolute Gasteiger partial charge is 0.375 e. The number of hydrogen-bond donors (Lipinski definition) is 2. The Morgan fingerprint density at radius 1 is 1.21 bits per heavy atom. The zero-order valence-electron chi connectivity index (χ0n) is 15.4. The van der Waals surface area contributed by atoms with Crippen molar-refractivity contribution >= 4 is 44.7 Å². The van der Waals surface area contributed by atoms with Gasteiger partial charge in [0.25, 0.3) is 11.5 Å². The van der Waals surface area contributed by atoms with Gasteiger partial charge in [-0.25, -0.2) is 4.98 Å². The predicted molar refractivity (Wildman–Crippen MR) is 117 cm³/mol. The first-order valence-electron chi connectivity index (χ1n) is 8.87. The zero-order valence-corrected chi connectivity index (χ0v) is 17.0. The van der Waals surface area contributed by atoms with Gasteiger partial charge in [-0.05, 0) is 36.6 Å². The molecule has 6 nitrogen and oxygen atoms in total. The van der Waals surface area contributed by atoms with Crippen molar-refractivity contribution in [3.05, 3.63) is 86.7 Å². The fourth-order valence-electron chi connectivity index (χ4n) is 3.24. The molecule has 0 saturated carbocycles. The van der Waals surface area contributed by atoms with Crippen LogP contribution in [-0.4, -0.2) is 15.5 Å². The fraction of sp³-hybridized carbons (Fsp3) is 0.0952. The Balaban J connectivity index is 1.86. The van der Waals surface area contributed by atoms with E-state index < -0.39 is 6.04 Å². The number of para-hydroxylation sites is 1. The number of carbonyl (C=O) groups is 1. The van der Waals surface area contributed by atoms with E-state index in [2.05, 4.69) is 10.3 Å². The second kappa shape index (κ2) is 7.69. The number of nitrogens with two attached hydrogens (primary N) is 1. The van der Waals surface area contributed by atoms with Gasteiger partial charge in [0.15, 0.2) is 5.13 Å². The molecule has 1 atom stereocenters. The summed E-state index contributed by atoms with van der Waals surface area (Å²) >= 11 is 7.43. The highest BCUT2D eigenvalue weighted by molar-refractivity contribution is 7.17. The molecule has 0 bridgehead atoms. The Kier molecular flexibility index (Phi) is 5.08. The van der Waals surface area contributed by atoms with Crippen molar-refractivity contribution in [3.8, 4) is 5.69 Å². The molecular formula is C21H17ClN4O2S. The molecule has 2 heterocycles. The average molecular weight is 425 g/mol. The van der Waals surface area contributed by atoms with Gasteiger partial charge in [-0.15, -0.1) is 0 Å². The molecular weight excluding hydrogens is 408 g/mol. The van der Waals surface area contributed by atoms with Gasteiger partial charge in [-0.1, -0.05) is 53.3 Å². The molecule has 146 valence electrons. The number of benzene rings is 2. The molecule has 2 aromatic carbocycles. The minimum atomic E-state index is -0.456. The molecule has 4 aromatic rings. The van der Waals surface area contributed by atoms with Crippen LogP contribution in [0.5, 0.6) is 0 Å². The first-order chi connectivity index (χ1) is 14.0. The third-order valence-electron chi connectivity index (χ3n) is 4.58. The first-order valence-corrected chi connectivity index (χ1v) is 10.1. The van der Waals surface area contributed by atoms with E-state index in [4.69, 9.17) is 17.3 Å². The fourth-order valence-corrected chi connectivity index (χ4v) is 4.09. The van der Waals surface area contributed by atoms with Crippen molar-refractivity contribution in [1.82, 2.24) is 14.9 Å². The predicted octanol–water partition coefficient (Wildman–Crippen LogP) is 4.17. The SMILES string of the molecule is CC(NC(=O)c1cnc(N)s1)c1cc2cccc(Cl)c2c(=O)n1-c1ccccc1. The van der Waals surface area contributed by atoms with Gasteiger partial charge < -0.3 is 11.1 Å². The standard InChI is InChI=1S/C21H17ClN4O2S/c1-12(25-19(27)17-11-24-21(23)29-17)16-10-13-6-5-9-15(22)18(13)20(28)26(16)14-7-3-2-4-8-14/h2-12H,1H3,(H2,23,24)(H,25,27). The number of halogens is 1. The summed E-state index contributed by atoms with van der Waals surface area (Å²) in [6, 6.07) is 16.0. The monoisotopic (exact) mass is 424 g/mol. The van der Waals surface area contributed by atoms with Gasteiger partial charge in [0, 0.05) is 11.4 Å². The highest BCUT2D eigenvalue weighted by Gasteiger charge is 2.20. The van der Waals surface area contributed by atoms with E-state index in [1.807, 2.05) is 49.4 Å². The molecule has 0 saturated heterocycles. The van der Waals surface area contributed by atoms with Gasteiger partial charge in [-0.3, -0.25) is 14.2 Å². The third-order valence-corrected chi connectivity index (χ3v) is 5.72. The molecule has 0 aliphatic heterocycles.